The second-order valence-corrected chi connectivity index (χ2v) is 7.47. The van der Waals surface area contributed by atoms with Gasteiger partial charge in [-0.1, -0.05) is 15.9 Å². The first-order valence-electron chi connectivity index (χ1n) is 7.15. The van der Waals surface area contributed by atoms with Gasteiger partial charge in [0.15, 0.2) is 0 Å². The minimum absolute atomic E-state index is 0.0732. The van der Waals surface area contributed by atoms with Crippen molar-refractivity contribution < 1.29 is 9.90 Å². The molecule has 3 rings (SSSR count). The molecular formula is C16H20BrNO2. The third-order valence-corrected chi connectivity index (χ3v) is 4.91. The molecule has 0 bridgehead atoms. The molecule has 1 N–H and O–H groups in total. The summed E-state index contributed by atoms with van der Waals surface area (Å²) in [5.41, 5.74) is 1.43. The number of hydrogen-bond acceptors (Lipinski definition) is 2. The van der Waals surface area contributed by atoms with Crippen molar-refractivity contribution >= 4 is 21.8 Å². The van der Waals surface area contributed by atoms with Gasteiger partial charge in [0.1, 0.15) is 0 Å². The lowest BCUT2D eigenvalue weighted by molar-refractivity contribution is 0.0648. The van der Waals surface area contributed by atoms with Crippen molar-refractivity contribution in [3.05, 3.63) is 33.3 Å². The van der Waals surface area contributed by atoms with Gasteiger partial charge in [-0.05, 0) is 62.8 Å². The molecule has 1 unspecified atom stereocenters. The van der Waals surface area contributed by atoms with E-state index >= 15 is 0 Å². The largest absolute Gasteiger partial charge is 0.386 e. The molecule has 1 aliphatic heterocycles. The van der Waals surface area contributed by atoms with E-state index in [4.69, 9.17) is 0 Å². The quantitative estimate of drug-likeness (QED) is 0.917. The van der Waals surface area contributed by atoms with Gasteiger partial charge in [0.05, 0.1) is 11.2 Å². The summed E-state index contributed by atoms with van der Waals surface area (Å²) in [5, 5.41) is 10.4. The highest BCUT2D eigenvalue weighted by Crippen LogP contribution is 2.41. The minimum Gasteiger partial charge on any atom is -0.386 e. The van der Waals surface area contributed by atoms with Crippen LogP contribution < -0.4 is 0 Å². The summed E-state index contributed by atoms with van der Waals surface area (Å²) in [5.74, 6) is 0.728. The summed E-state index contributed by atoms with van der Waals surface area (Å²) >= 11 is 3.49. The summed E-state index contributed by atoms with van der Waals surface area (Å²) in [6.45, 7) is 6.26. The highest BCUT2D eigenvalue weighted by molar-refractivity contribution is 9.10. The highest BCUT2D eigenvalue weighted by atomic mass is 79.9. The molecule has 1 fully saturated rings. The van der Waals surface area contributed by atoms with Crippen LogP contribution in [0.3, 0.4) is 0 Å². The number of fused-ring (bicyclic) bond motifs is 1. The highest BCUT2D eigenvalue weighted by Gasteiger charge is 2.41. The van der Waals surface area contributed by atoms with Crippen molar-refractivity contribution in [2.24, 2.45) is 5.92 Å². The number of carbonyl (C=O) groups is 1. The van der Waals surface area contributed by atoms with E-state index in [0.29, 0.717) is 24.1 Å². The second-order valence-electron chi connectivity index (χ2n) is 6.56. The Morgan fingerprint density at radius 3 is 2.60 bits per heavy atom. The standard InChI is InChI=1S/C16H20BrNO2/c1-9(10-4-5-10)18-8-11-6-12(17)7-13(16(2,3)20)14(11)15(18)19/h6-7,9-10,20H,4-5,8H2,1-3H3. The number of aliphatic hydroxyl groups is 1. The zero-order valence-electron chi connectivity index (χ0n) is 12.1. The van der Waals surface area contributed by atoms with E-state index in [1.807, 2.05) is 17.0 Å². The van der Waals surface area contributed by atoms with Crippen molar-refractivity contribution in [1.29, 1.82) is 0 Å². The number of halogens is 1. The van der Waals surface area contributed by atoms with Crippen LogP contribution >= 0.6 is 15.9 Å². The van der Waals surface area contributed by atoms with Gasteiger partial charge >= 0.3 is 0 Å². The third-order valence-electron chi connectivity index (χ3n) is 4.46. The maximum Gasteiger partial charge on any atom is 0.255 e. The fourth-order valence-corrected chi connectivity index (χ4v) is 3.59. The summed E-state index contributed by atoms with van der Waals surface area (Å²) in [7, 11) is 0. The molecule has 1 heterocycles. The summed E-state index contributed by atoms with van der Waals surface area (Å²) < 4.78 is 0.919. The summed E-state index contributed by atoms with van der Waals surface area (Å²) in [6.07, 6.45) is 2.45. The number of hydrogen-bond donors (Lipinski definition) is 1. The molecule has 0 radical (unpaired) electrons. The van der Waals surface area contributed by atoms with Gasteiger partial charge in [-0.25, -0.2) is 0 Å². The van der Waals surface area contributed by atoms with Crippen LogP contribution in [-0.2, 0) is 12.1 Å². The van der Waals surface area contributed by atoms with Crippen molar-refractivity contribution in [3.63, 3.8) is 0 Å². The number of rotatable bonds is 3. The van der Waals surface area contributed by atoms with Gasteiger partial charge in [0.25, 0.3) is 5.91 Å². The van der Waals surface area contributed by atoms with Crippen LogP contribution in [0.4, 0.5) is 0 Å². The lowest BCUT2D eigenvalue weighted by Gasteiger charge is -2.25. The third kappa shape index (κ3) is 2.29. The Labute approximate surface area is 128 Å². The molecular weight excluding hydrogens is 318 g/mol. The van der Waals surface area contributed by atoms with Crippen LogP contribution in [0.1, 0.15) is 55.1 Å². The Morgan fingerprint density at radius 1 is 1.40 bits per heavy atom. The first-order valence-corrected chi connectivity index (χ1v) is 7.94. The molecule has 1 saturated carbocycles. The van der Waals surface area contributed by atoms with Crippen molar-refractivity contribution in [2.75, 3.05) is 0 Å². The normalized spacial score (nSPS) is 20.2. The molecule has 0 aromatic heterocycles. The minimum atomic E-state index is -1.01. The molecule has 0 spiro atoms. The summed E-state index contributed by atoms with van der Waals surface area (Å²) in [4.78, 5) is 14.7. The van der Waals surface area contributed by atoms with Crippen LogP contribution in [-0.4, -0.2) is 22.0 Å². The molecule has 4 heteroatoms. The Morgan fingerprint density at radius 2 is 2.05 bits per heavy atom. The summed E-state index contributed by atoms with van der Waals surface area (Å²) in [6, 6.07) is 4.16. The Bertz CT molecular complexity index is 573. The van der Waals surface area contributed by atoms with E-state index in [1.54, 1.807) is 13.8 Å². The number of nitrogens with zero attached hydrogens (tertiary/aromatic N) is 1. The number of amides is 1. The SMILES string of the molecule is CC(C1CC1)N1Cc2cc(Br)cc(C(C)(C)O)c2C1=O. The Hall–Kier alpha value is -0.870. The van der Waals surface area contributed by atoms with Gasteiger partial charge in [0, 0.05) is 17.1 Å². The van der Waals surface area contributed by atoms with Gasteiger partial charge in [0.2, 0.25) is 0 Å². The van der Waals surface area contributed by atoms with E-state index in [2.05, 4.69) is 22.9 Å². The van der Waals surface area contributed by atoms with E-state index in [1.165, 1.54) is 12.8 Å². The van der Waals surface area contributed by atoms with E-state index in [-0.39, 0.29) is 5.91 Å². The van der Waals surface area contributed by atoms with Crippen LogP contribution in [0.25, 0.3) is 0 Å². The smallest absolute Gasteiger partial charge is 0.255 e. The molecule has 108 valence electrons. The first kappa shape index (κ1) is 14.1. The molecule has 1 aromatic rings. The van der Waals surface area contributed by atoms with Crippen molar-refractivity contribution in [1.82, 2.24) is 4.90 Å². The predicted molar refractivity (Wildman–Crippen MR) is 81.4 cm³/mol. The lowest BCUT2D eigenvalue weighted by Crippen LogP contribution is -2.35. The maximum atomic E-state index is 12.7. The zero-order valence-corrected chi connectivity index (χ0v) is 13.7. The molecule has 1 atom stereocenters. The van der Waals surface area contributed by atoms with E-state index in [9.17, 15) is 9.90 Å². The predicted octanol–water partition coefficient (Wildman–Crippen LogP) is 3.43. The van der Waals surface area contributed by atoms with Crippen LogP contribution in [0, 0.1) is 5.92 Å². The van der Waals surface area contributed by atoms with Gasteiger partial charge < -0.3 is 10.0 Å². The molecule has 1 amide bonds. The first-order chi connectivity index (χ1) is 9.29. The fraction of sp³-hybridized carbons (Fsp3) is 0.562. The van der Waals surface area contributed by atoms with E-state index in [0.717, 1.165) is 15.6 Å². The lowest BCUT2D eigenvalue weighted by atomic mass is 9.91. The average Bonchev–Trinajstić information content (AvgIpc) is 3.12. The maximum absolute atomic E-state index is 12.7. The molecule has 2 aliphatic rings. The second kappa shape index (κ2) is 4.57. The van der Waals surface area contributed by atoms with Crippen molar-refractivity contribution in [3.8, 4) is 0 Å². The molecule has 20 heavy (non-hydrogen) atoms. The van der Waals surface area contributed by atoms with Crippen LogP contribution in [0.5, 0.6) is 0 Å². The monoisotopic (exact) mass is 337 g/mol. The fourth-order valence-electron chi connectivity index (χ4n) is 3.08. The topological polar surface area (TPSA) is 40.5 Å². The van der Waals surface area contributed by atoms with Gasteiger partial charge in [-0.15, -0.1) is 0 Å². The number of carbonyl (C=O) groups excluding carboxylic acids is 1. The van der Waals surface area contributed by atoms with Crippen LogP contribution in [0.2, 0.25) is 0 Å². The molecule has 3 nitrogen and oxygen atoms in total. The Balaban J connectivity index is 2.04. The molecule has 1 aromatic carbocycles. The zero-order chi connectivity index (χ0) is 14.7. The van der Waals surface area contributed by atoms with Crippen LogP contribution in [0.15, 0.2) is 16.6 Å². The van der Waals surface area contributed by atoms with Crippen molar-refractivity contribution in [2.45, 2.75) is 51.8 Å². The average molecular weight is 338 g/mol. The van der Waals surface area contributed by atoms with Gasteiger partial charge in [-0.3, -0.25) is 4.79 Å². The number of benzene rings is 1. The van der Waals surface area contributed by atoms with Gasteiger partial charge in [-0.2, -0.15) is 0 Å². The van der Waals surface area contributed by atoms with E-state index < -0.39 is 5.60 Å². The Kier molecular flexibility index (Phi) is 3.22. The molecule has 0 saturated heterocycles. The molecule has 1 aliphatic carbocycles.